The predicted molar refractivity (Wildman–Crippen MR) is 123 cm³/mol. The highest BCUT2D eigenvalue weighted by molar-refractivity contribution is 5.76. The number of quaternary nitrogens is 2. The standard InChI is InChI=1S/C24H28N6O2.2ClH/c1-18-22-24(31)29(20-9-10-21(32-2)26-23(20)30(22)17-25-18)12-6-11-27-13-15-28(16-14-27)19-7-4-3-5-8-19;;/h3-5,7-10,17H,6,11-16H2,1-2H3;2*1H. The van der Waals surface area contributed by atoms with Gasteiger partial charge in [0.2, 0.25) is 5.88 Å². The zero-order chi connectivity index (χ0) is 22.1. The second-order valence-corrected chi connectivity index (χ2v) is 8.52. The average molecular weight is 505 g/mol. The van der Waals surface area contributed by atoms with Crippen LogP contribution in [0.1, 0.15) is 12.1 Å². The molecule has 0 radical (unpaired) electrons. The molecule has 0 bridgehead atoms. The molecule has 0 aliphatic carbocycles. The van der Waals surface area contributed by atoms with Crippen molar-refractivity contribution in [2.24, 2.45) is 0 Å². The fourth-order valence-corrected chi connectivity index (χ4v) is 4.85. The zero-order valence-electron chi connectivity index (χ0n) is 19.4. The fourth-order valence-electron chi connectivity index (χ4n) is 4.85. The summed E-state index contributed by atoms with van der Waals surface area (Å²) in [5.41, 5.74) is 4.21. The van der Waals surface area contributed by atoms with Gasteiger partial charge in [-0.25, -0.2) is 4.98 Å². The van der Waals surface area contributed by atoms with Crippen LogP contribution < -0.4 is 44.9 Å². The molecule has 0 amide bonds. The van der Waals surface area contributed by atoms with Crippen LogP contribution in [0.25, 0.3) is 16.7 Å². The molecule has 2 N–H and O–H groups in total. The summed E-state index contributed by atoms with van der Waals surface area (Å²) in [5, 5.41) is 0. The third-order valence-electron chi connectivity index (χ3n) is 6.61. The van der Waals surface area contributed by atoms with Crippen molar-refractivity contribution in [3.63, 3.8) is 0 Å². The summed E-state index contributed by atoms with van der Waals surface area (Å²) in [7, 11) is 1.60. The molecule has 34 heavy (non-hydrogen) atoms. The van der Waals surface area contributed by atoms with Gasteiger partial charge in [-0.1, -0.05) is 18.2 Å². The molecule has 1 saturated heterocycles. The number of benzene rings is 1. The summed E-state index contributed by atoms with van der Waals surface area (Å²) in [6, 6.07) is 14.5. The van der Waals surface area contributed by atoms with Gasteiger partial charge in [-0.2, -0.15) is 4.98 Å². The van der Waals surface area contributed by atoms with Gasteiger partial charge >= 0.3 is 0 Å². The SMILES string of the molecule is COc1ccc2c(n1)n1cnc(C)c1c(=O)n2CCC[NH+]1CC[NH+](c2ccccc2)CC1.[Cl-].[Cl-]. The molecular formula is C24H30Cl2N6O2. The minimum Gasteiger partial charge on any atom is -1.00 e. The summed E-state index contributed by atoms with van der Waals surface area (Å²) in [5.74, 6) is 0.526. The molecule has 0 spiro atoms. The maximum atomic E-state index is 13.3. The third kappa shape index (κ3) is 4.90. The zero-order valence-corrected chi connectivity index (χ0v) is 20.9. The van der Waals surface area contributed by atoms with E-state index in [0.29, 0.717) is 23.6 Å². The number of rotatable bonds is 6. The molecule has 1 fully saturated rings. The van der Waals surface area contributed by atoms with Gasteiger partial charge < -0.3 is 39.0 Å². The van der Waals surface area contributed by atoms with Crippen LogP contribution in [0.5, 0.6) is 5.88 Å². The number of ether oxygens (including phenoxy) is 1. The molecule has 4 aromatic rings. The molecule has 1 aliphatic heterocycles. The lowest BCUT2D eigenvalue weighted by Gasteiger charge is -2.29. The van der Waals surface area contributed by atoms with Crippen molar-refractivity contribution in [3.05, 3.63) is 64.8 Å². The molecule has 1 aromatic carbocycles. The molecule has 182 valence electrons. The van der Waals surface area contributed by atoms with E-state index in [-0.39, 0.29) is 30.4 Å². The van der Waals surface area contributed by atoms with Crippen LogP contribution >= 0.6 is 0 Å². The molecule has 1 aliphatic rings. The highest BCUT2D eigenvalue weighted by Gasteiger charge is 2.24. The number of aromatic nitrogens is 4. The Morgan fingerprint density at radius 2 is 1.76 bits per heavy atom. The molecule has 3 aromatic heterocycles. The number of nitrogens with zero attached hydrogens (tertiary/aromatic N) is 4. The van der Waals surface area contributed by atoms with Crippen LogP contribution in [0.15, 0.2) is 53.6 Å². The Balaban J connectivity index is 0.00000162. The first-order valence-corrected chi connectivity index (χ1v) is 11.3. The lowest BCUT2D eigenvalue weighted by atomic mass is 10.2. The molecule has 5 rings (SSSR count). The number of pyridine rings is 1. The number of imidazole rings is 1. The molecule has 0 atom stereocenters. The van der Waals surface area contributed by atoms with E-state index in [1.54, 1.807) is 27.6 Å². The predicted octanol–water partition coefficient (Wildman–Crippen LogP) is -6.13. The number of piperazine rings is 1. The van der Waals surface area contributed by atoms with E-state index in [1.807, 2.05) is 23.6 Å². The van der Waals surface area contributed by atoms with Crippen LogP contribution in [0, 0.1) is 6.92 Å². The Morgan fingerprint density at radius 3 is 2.47 bits per heavy atom. The van der Waals surface area contributed by atoms with Gasteiger partial charge in [0.05, 0.1) is 24.9 Å². The van der Waals surface area contributed by atoms with Crippen LogP contribution in [-0.4, -0.2) is 58.8 Å². The van der Waals surface area contributed by atoms with Crippen molar-refractivity contribution >= 4 is 22.4 Å². The average Bonchev–Trinajstić information content (AvgIpc) is 3.24. The minimum atomic E-state index is -0.00666. The van der Waals surface area contributed by atoms with Crippen molar-refractivity contribution in [2.45, 2.75) is 19.9 Å². The van der Waals surface area contributed by atoms with E-state index in [4.69, 9.17) is 4.74 Å². The van der Waals surface area contributed by atoms with Gasteiger partial charge in [0, 0.05) is 19.0 Å². The van der Waals surface area contributed by atoms with E-state index >= 15 is 0 Å². The summed E-state index contributed by atoms with van der Waals surface area (Å²) in [4.78, 5) is 25.4. The topological polar surface area (TPSA) is 70.3 Å². The number of fused-ring (bicyclic) bond motifs is 3. The molecule has 0 saturated carbocycles. The Bertz CT molecular complexity index is 1300. The number of aryl methyl sites for hydroxylation is 2. The lowest BCUT2D eigenvalue weighted by Crippen LogP contribution is -3.26. The molecule has 8 nitrogen and oxygen atoms in total. The number of para-hydroxylation sites is 1. The first kappa shape index (κ1) is 26.0. The van der Waals surface area contributed by atoms with Gasteiger partial charge in [-0.15, -0.1) is 0 Å². The van der Waals surface area contributed by atoms with E-state index in [9.17, 15) is 4.79 Å². The van der Waals surface area contributed by atoms with Crippen LogP contribution in [-0.2, 0) is 6.54 Å². The van der Waals surface area contributed by atoms with Gasteiger partial charge in [-0.05, 0) is 25.1 Å². The smallest absolute Gasteiger partial charge is 0.277 e. The maximum Gasteiger partial charge on any atom is 0.277 e. The van der Waals surface area contributed by atoms with E-state index in [0.717, 1.165) is 50.4 Å². The monoisotopic (exact) mass is 504 g/mol. The van der Waals surface area contributed by atoms with Crippen LogP contribution in [0.4, 0.5) is 5.69 Å². The second-order valence-electron chi connectivity index (χ2n) is 8.52. The Labute approximate surface area is 211 Å². The number of hydrogen-bond acceptors (Lipinski definition) is 4. The normalized spacial score (nSPS) is 17.8. The lowest BCUT2D eigenvalue weighted by molar-refractivity contribution is -0.986. The molecular weight excluding hydrogens is 475 g/mol. The van der Waals surface area contributed by atoms with E-state index < -0.39 is 0 Å². The van der Waals surface area contributed by atoms with Crippen LogP contribution in [0.3, 0.4) is 0 Å². The number of methoxy groups -OCH3 is 1. The van der Waals surface area contributed by atoms with Crippen molar-refractivity contribution in [3.8, 4) is 5.88 Å². The first-order chi connectivity index (χ1) is 15.7. The maximum absolute atomic E-state index is 13.3. The van der Waals surface area contributed by atoms with Crippen LogP contribution in [0.2, 0.25) is 0 Å². The molecule has 4 heterocycles. The second kappa shape index (κ2) is 11.2. The summed E-state index contributed by atoms with van der Waals surface area (Å²) >= 11 is 0. The van der Waals surface area contributed by atoms with Gasteiger partial charge in [0.1, 0.15) is 43.7 Å². The molecule has 10 heteroatoms. The van der Waals surface area contributed by atoms with E-state index in [1.165, 1.54) is 5.69 Å². The van der Waals surface area contributed by atoms with Crippen molar-refractivity contribution in [2.75, 3.05) is 39.8 Å². The molecule has 0 unspecified atom stereocenters. The summed E-state index contributed by atoms with van der Waals surface area (Å²) in [6.07, 6.45) is 2.62. The Kier molecular flexibility index (Phi) is 8.54. The minimum absolute atomic E-state index is 0. The first-order valence-electron chi connectivity index (χ1n) is 11.3. The highest BCUT2D eigenvalue weighted by Crippen LogP contribution is 2.18. The number of halogens is 2. The Morgan fingerprint density at radius 1 is 1.03 bits per heavy atom. The number of hydrogen-bond donors (Lipinski definition) is 2. The van der Waals surface area contributed by atoms with E-state index in [2.05, 4.69) is 40.3 Å². The fraction of sp³-hybridized carbons (Fsp3) is 0.375. The van der Waals surface area contributed by atoms with Crippen molar-refractivity contribution in [1.82, 2.24) is 18.9 Å². The quantitative estimate of drug-likeness (QED) is 0.274. The van der Waals surface area contributed by atoms with Crippen molar-refractivity contribution < 1.29 is 39.4 Å². The van der Waals surface area contributed by atoms with Crippen molar-refractivity contribution in [1.29, 1.82) is 0 Å². The number of nitrogens with one attached hydrogen (secondary N) is 2. The largest absolute Gasteiger partial charge is 1.00 e. The van der Waals surface area contributed by atoms with Gasteiger partial charge in [0.25, 0.3) is 5.56 Å². The van der Waals surface area contributed by atoms with Gasteiger partial charge in [0.15, 0.2) is 5.65 Å². The Hall–Kier alpha value is -2.65. The summed E-state index contributed by atoms with van der Waals surface area (Å²) in [6.45, 7) is 8.19. The van der Waals surface area contributed by atoms with Gasteiger partial charge in [-0.3, -0.25) is 14.1 Å². The third-order valence-corrected chi connectivity index (χ3v) is 6.61. The highest BCUT2D eigenvalue weighted by atomic mass is 35.5. The summed E-state index contributed by atoms with van der Waals surface area (Å²) < 4.78 is 8.95.